The molecular formula is C14H7F3N2O2. The molecule has 2 aromatic carbocycles. The van der Waals surface area contributed by atoms with E-state index in [4.69, 9.17) is 5.11 Å². The van der Waals surface area contributed by atoms with Crippen molar-refractivity contribution in [3.8, 4) is 5.69 Å². The molecule has 0 saturated carbocycles. The lowest BCUT2D eigenvalue weighted by atomic mass is 10.2. The Labute approximate surface area is 116 Å². The van der Waals surface area contributed by atoms with Gasteiger partial charge in [-0.15, -0.1) is 0 Å². The summed E-state index contributed by atoms with van der Waals surface area (Å²) in [6.45, 7) is 0. The highest BCUT2D eigenvalue weighted by molar-refractivity contribution is 6.01. The molecule has 0 amide bonds. The van der Waals surface area contributed by atoms with Crippen LogP contribution in [0.5, 0.6) is 0 Å². The molecule has 3 rings (SSSR count). The molecule has 7 heteroatoms. The maximum Gasteiger partial charge on any atom is 0.337 e. The highest BCUT2D eigenvalue weighted by atomic mass is 19.2. The number of nitrogens with zero attached hydrogens (tertiary/aromatic N) is 2. The molecule has 0 radical (unpaired) electrons. The summed E-state index contributed by atoms with van der Waals surface area (Å²) in [4.78, 5) is 15.0. The van der Waals surface area contributed by atoms with Crippen LogP contribution in [0, 0.1) is 17.5 Å². The third-order valence-corrected chi connectivity index (χ3v) is 3.04. The normalized spacial score (nSPS) is 11.0. The minimum Gasteiger partial charge on any atom is -0.478 e. The lowest BCUT2D eigenvalue weighted by Gasteiger charge is -2.07. The Morgan fingerprint density at radius 3 is 2.67 bits per heavy atom. The van der Waals surface area contributed by atoms with Gasteiger partial charge in [0.05, 0.1) is 16.8 Å². The topological polar surface area (TPSA) is 55.1 Å². The van der Waals surface area contributed by atoms with Gasteiger partial charge in [-0.3, -0.25) is 4.57 Å². The zero-order chi connectivity index (χ0) is 15.1. The standard InChI is InChI=1S/C14H7F3N2O2/c15-7-4-9(16)12(17)11(5-7)19-6-18-13-8(14(20)21)2-1-3-10(13)19/h1-6H,(H,20,21). The van der Waals surface area contributed by atoms with Crippen molar-refractivity contribution in [3.05, 3.63) is 59.7 Å². The van der Waals surface area contributed by atoms with Crippen molar-refractivity contribution in [2.75, 3.05) is 0 Å². The van der Waals surface area contributed by atoms with Gasteiger partial charge < -0.3 is 5.11 Å². The van der Waals surface area contributed by atoms with Gasteiger partial charge in [0.1, 0.15) is 17.7 Å². The molecule has 0 atom stereocenters. The Bertz CT molecular complexity index is 874. The fourth-order valence-electron chi connectivity index (χ4n) is 2.12. The van der Waals surface area contributed by atoms with Crippen molar-refractivity contribution in [2.24, 2.45) is 0 Å². The number of imidazole rings is 1. The molecule has 3 aromatic rings. The molecule has 1 aromatic heterocycles. The van der Waals surface area contributed by atoms with Crippen LogP contribution in [0.2, 0.25) is 0 Å². The van der Waals surface area contributed by atoms with Crippen LogP contribution < -0.4 is 0 Å². The molecule has 21 heavy (non-hydrogen) atoms. The summed E-state index contributed by atoms with van der Waals surface area (Å²) in [5.41, 5.74) is -0.117. The Morgan fingerprint density at radius 1 is 1.19 bits per heavy atom. The van der Waals surface area contributed by atoms with Gasteiger partial charge in [0.15, 0.2) is 11.6 Å². The van der Waals surface area contributed by atoms with E-state index in [1.165, 1.54) is 18.2 Å². The number of carbonyl (C=O) groups is 1. The van der Waals surface area contributed by atoms with Crippen molar-refractivity contribution in [2.45, 2.75) is 0 Å². The number of carboxylic acid groups (broad SMARTS) is 1. The second kappa shape index (κ2) is 4.62. The number of para-hydroxylation sites is 1. The van der Waals surface area contributed by atoms with Gasteiger partial charge in [-0.25, -0.2) is 22.9 Å². The average molecular weight is 292 g/mol. The number of aromatic nitrogens is 2. The monoisotopic (exact) mass is 292 g/mol. The van der Waals surface area contributed by atoms with Gasteiger partial charge in [-0.05, 0) is 12.1 Å². The third-order valence-electron chi connectivity index (χ3n) is 3.04. The highest BCUT2D eigenvalue weighted by Crippen LogP contribution is 2.24. The van der Waals surface area contributed by atoms with Gasteiger partial charge in [0, 0.05) is 12.1 Å². The lowest BCUT2D eigenvalue weighted by molar-refractivity contribution is 0.0699. The van der Waals surface area contributed by atoms with E-state index in [0.29, 0.717) is 6.07 Å². The molecule has 0 aliphatic rings. The largest absolute Gasteiger partial charge is 0.478 e. The number of benzene rings is 2. The maximum absolute atomic E-state index is 13.8. The van der Waals surface area contributed by atoms with E-state index in [0.717, 1.165) is 17.0 Å². The number of halogens is 3. The van der Waals surface area contributed by atoms with E-state index in [-0.39, 0.29) is 22.3 Å². The van der Waals surface area contributed by atoms with E-state index >= 15 is 0 Å². The summed E-state index contributed by atoms with van der Waals surface area (Å²) in [5.74, 6) is -4.71. The Hall–Kier alpha value is -2.83. The Kier molecular flexibility index (Phi) is 2.90. The van der Waals surface area contributed by atoms with E-state index < -0.39 is 23.4 Å². The van der Waals surface area contributed by atoms with Crippen molar-refractivity contribution < 1.29 is 23.1 Å². The van der Waals surface area contributed by atoms with Crippen LogP contribution in [0.15, 0.2) is 36.7 Å². The number of rotatable bonds is 2. The first-order chi connectivity index (χ1) is 9.99. The molecule has 0 fully saturated rings. The van der Waals surface area contributed by atoms with Gasteiger partial charge in [-0.2, -0.15) is 0 Å². The van der Waals surface area contributed by atoms with Gasteiger partial charge in [0.2, 0.25) is 0 Å². The summed E-state index contributed by atoms with van der Waals surface area (Å²) >= 11 is 0. The first kappa shape index (κ1) is 13.2. The summed E-state index contributed by atoms with van der Waals surface area (Å²) < 4.78 is 41.5. The van der Waals surface area contributed by atoms with Crippen molar-refractivity contribution in [1.82, 2.24) is 9.55 Å². The van der Waals surface area contributed by atoms with Crippen molar-refractivity contribution >= 4 is 17.0 Å². The zero-order valence-electron chi connectivity index (χ0n) is 10.3. The first-order valence-corrected chi connectivity index (χ1v) is 5.83. The number of hydrogen-bond donors (Lipinski definition) is 1. The molecule has 0 unspecified atom stereocenters. The fourth-order valence-corrected chi connectivity index (χ4v) is 2.12. The quantitative estimate of drug-likeness (QED) is 0.738. The minimum atomic E-state index is -1.33. The van der Waals surface area contributed by atoms with Gasteiger partial charge in [0.25, 0.3) is 0 Å². The average Bonchev–Trinajstić information content (AvgIpc) is 2.86. The van der Waals surface area contributed by atoms with Crippen LogP contribution in [0.1, 0.15) is 10.4 Å². The smallest absolute Gasteiger partial charge is 0.337 e. The summed E-state index contributed by atoms with van der Waals surface area (Å²) in [5, 5.41) is 9.06. The fraction of sp³-hybridized carbons (Fsp3) is 0. The second-order valence-electron chi connectivity index (χ2n) is 4.31. The number of aromatic carboxylic acids is 1. The van der Waals surface area contributed by atoms with Crippen LogP contribution >= 0.6 is 0 Å². The number of carboxylic acids is 1. The van der Waals surface area contributed by atoms with Crippen LogP contribution in [0.25, 0.3) is 16.7 Å². The first-order valence-electron chi connectivity index (χ1n) is 5.83. The number of fused-ring (bicyclic) bond motifs is 1. The van der Waals surface area contributed by atoms with Crippen molar-refractivity contribution in [3.63, 3.8) is 0 Å². The molecule has 106 valence electrons. The zero-order valence-corrected chi connectivity index (χ0v) is 10.3. The van der Waals surface area contributed by atoms with E-state index in [2.05, 4.69) is 4.98 Å². The van der Waals surface area contributed by atoms with E-state index in [1.807, 2.05) is 0 Å². The third kappa shape index (κ3) is 2.03. The Morgan fingerprint density at radius 2 is 1.95 bits per heavy atom. The van der Waals surface area contributed by atoms with Crippen LogP contribution in [-0.4, -0.2) is 20.6 Å². The van der Waals surface area contributed by atoms with Crippen LogP contribution in [0.3, 0.4) is 0 Å². The summed E-state index contributed by atoms with van der Waals surface area (Å²) in [6, 6.07) is 5.51. The van der Waals surface area contributed by atoms with Crippen LogP contribution in [-0.2, 0) is 0 Å². The maximum atomic E-state index is 13.8. The summed E-state index contributed by atoms with van der Waals surface area (Å²) in [6.07, 6.45) is 1.12. The Balaban J connectivity index is 2.33. The molecule has 4 nitrogen and oxygen atoms in total. The molecule has 1 heterocycles. The molecule has 0 saturated heterocycles. The van der Waals surface area contributed by atoms with Crippen LogP contribution in [0.4, 0.5) is 13.2 Å². The number of hydrogen-bond acceptors (Lipinski definition) is 2. The van der Waals surface area contributed by atoms with Gasteiger partial charge in [-0.1, -0.05) is 6.07 Å². The molecule has 0 bridgehead atoms. The van der Waals surface area contributed by atoms with Crippen molar-refractivity contribution in [1.29, 1.82) is 0 Å². The lowest BCUT2D eigenvalue weighted by Crippen LogP contribution is -2.01. The van der Waals surface area contributed by atoms with Gasteiger partial charge >= 0.3 is 5.97 Å². The predicted molar refractivity (Wildman–Crippen MR) is 67.9 cm³/mol. The highest BCUT2D eigenvalue weighted by Gasteiger charge is 2.17. The molecule has 1 N–H and O–H groups in total. The second-order valence-corrected chi connectivity index (χ2v) is 4.31. The predicted octanol–water partition coefficient (Wildman–Crippen LogP) is 3.14. The molecule has 0 aliphatic heterocycles. The molecular weight excluding hydrogens is 285 g/mol. The minimum absolute atomic E-state index is 0.0801. The SMILES string of the molecule is O=C(O)c1cccc2c1ncn2-c1cc(F)cc(F)c1F. The van der Waals surface area contributed by atoms with E-state index in [1.54, 1.807) is 0 Å². The van der Waals surface area contributed by atoms with E-state index in [9.17, 15) is 18.0 Å². The summed E-state index contributed by atoms with van der Waals surface area (Å²) in [7, 11) is 0. The molecule has 0 aliphatic carbocycles. The molecule has 0 spiro atoms.